The molecule has 2 N–H and O–H groups in total. The second-order valence-electron chi connectivity index (χ2n) is 7.99. The van der Waals surface area contributed by atoms with Gasteiger partial charge in [0, 0.05) is 45.9 Å². The van der Waals surface area contributed by atoms with E-state index < -0.39 is 0 Å². The number of nitrogens with one attached hydrogen (secondary N) is 2. The average molecular weight is 543 g/mol. The number of anilines is 1. The predicted molar refractivity (Wildman–Crippen MR) is 133 cm³/mol. The van der Waals surface area contributed by atoms with Crippen LogP contribution in [0, 0.1) is 0 Å². The number of aliphatic imine (C=N–C) groups is 1. The molecule has 1 unspecified atom stereocenters. The molecule has 0 aliphatic carbocycles. The van der Waals surface area contributed by atoms with Crippen LogP contribution in [0.2, 0.25) is 0 Å². The molecule has 172 valence electrons. The number of likely N-dealkylation sites (N-methyl/N-ethyl adjacent to an activating group) is 1. The number of carbonyl (C=O) groups is 2. The van der Waals surface area contributed by atoms with E-state index in [2.05, 4.69) is 15.6 Å². The summed E-state index contributed by atoms with van der Waals surface area (Å²) in [4.78, 5) is 31.9. The highest BCUT2D eigenvalue weighted by Gasteiger charge is 2.21. The Kier molecular flexibility index (Phi) is 10.5. The highest BCUT2D eigenvalue weighted by Crippen LogP contribution is 2.21. The van der Waals surface area contributed by atoms with Crippen molar-refractivity contribution in [2.24, 2.45) is 4.99 Å². The van der Waals surface area contributed by atoms with Crippen molar-refractivity contribution in [1.29, 1.82) is 0 Å². The minimum absolute atomic E-state index is 0. The van der Waals surface area contributed by atoms with Gasteiger partial charge in [-0.3, -0.25) is 9.59 Å². The van der Waals surface area contributed by atoms with Crippen molar-refractivity contribution >= 4 is 47.4 Å². The van der Waals surface area contributed by atoms with E-state index in [-0.39, 0.29) is 48.4 Å². The topological polar surface area (TPSA) is 86.3 Å². The molecule has 9 heteroatoms. The Hall–Kier alpha value is -1.88. The Morgan fingerprint density at radius 2 is 1.97 bits per heavy atom. The van der Waals surface area contributed by atoms with E-state index in [1.807, 2.05) is 29.2 Å². The van der Waals surface area contributed by atoms with Crippen molar-refractivity contribution in [3.8, 4) is 0 Å². The van der Waals surface area contributed by atoms with Gasteiger partial charge in [-0.25, -0.2) is 4.99 Å². The van der Waals surface area contributed by atoms with Crippen LogP contribution < -0.4 is 15.5 Å². The fraction of sp³-hybridized carbons (Fsp3) is 0.591. The number of ether oxygens (including phenoxy) is 1. The fourth-order valence-electron chi connectivity index (χ4n) is 3.54. The molecule has 2 saturated heterocycles. The van der Waals surface area contributed by atoms with Crippen molar-refractivity contribution < 1.29 is 14.3 Å². The summed E-state index contributed by atoms with van der Waals surface area (Å²) >= 11 is 0. The lowest BCUT2D eigenvalue weighted by molar-refractivity contribution is -0.127. The van der Waals surface area contributed by atoms with E-state index in [1.165, 1.54) is 6.42 Å². The van der Waals surface area contributed by atoms with E-state index >= 15 is 0 Å². The molecule has 8 nitrogen and oxygen atoms in total. The molecule has 2 heterocycles. The van der Waals surface area contributed by atoms with Crippen LogP contribution in [0.1, 0.15) is 37.7 Å². The summed E-state index contributed by atoms with van der Waals surface area (Å²) in [5.74, 6) is 0.767. The molecule has 2 fully saturated rings. The largest absolute Gasteiger partial charge is 0.376 e. The third-order valence-electron chi connectivity index (χ3n) is 5.42. The summed E-state index contributed by atoms with van der Waals surface area (Å²) in [7, 11) is 3.47. The van der Waals surface area contributed by atoms with Crippen LogP contribution in [0.4, 0.5) is 5.69 Å². The van der Waals surface area contributed by atoms with Gasteiger partial charge in [0.25, 0.3) is 0 Å². The Balaban J connectivity index is 0.00000341. The van der Waals surface area contributed by atoms with Crippen LogP contribution in [0.5, 0.6) is 0 Å². The Morgan fingerprint density at radius 1 is 1.19 bits per heavy atom. The lowest BCUT2D eigenvalue weighted by Crippen LogP contribution is -2.45. The van der Waals surface area contributed by atoms with E-state index in [4.69, 9.17) is 4.74 Å². The molecule has 1 aromatic rings. The number of amides is 2. The van der Waals surface area contributed by atoms with Crippen LogP contribution in [0.3, 0.4) is 0 Å². The molecule has 0 saturated carbocycles. The third-order valence-corrected chi connectivity index (χ3v) is 5.42. The second kappa shape index (κ2) is 12.8. The van der Waals surface area contributed by atoms with E-state index in [9.17, 15) is 9.59 Å². The summed E-state index contributed by atoms with van der Waals surface area (Å²) in [5, 5.41) is 6.42. The first-order valence-corrected chi connectivity index (χ1v) is 10.8. The number of hydrogen-bond acceptors (Lipinski definition) is 4. The van der Waals surface area contributed by atoms with E-state index in [0.29, 0.717) is 25.5 Å². The Labute approximate surface area is 201 Å². The van der Waals surface area contributed by atoms with Crippen molar-refractivity contribution in [2.45, 2.75) is 44.8 Å². The van der Waals surface area contributed by atoms with E-state index in [0.717, 1.165) is 43.7 Å². The third kappa shape index (κ3) is 7.95. The summed E-state index contributed by atoms with van der Waals surface area (Å²) in [6.07, 6.45) is 5.05. The molecule has 31 heavy (non-hydrogen) atoms. The molecule has 1 aromatic carbocycles. The van der Waals surface area contributed by atoms with Gasteiger partial charge in [0.2, 0.25) is 11.8 Å². The lowest BCUT2D eigenvalue weighted by Gasteiger charge is -2.24. The second-order valence-corrected chi connectivity index (χ2v) is 7.99. The van der Waals surface area contributed by atoms with Gasteiger partial charge in [0.1, 0.15) is 0 Å². The van der Waals surface area contributed by atoms with Crippen molar-refractivity contribution in [2.75, 3.05) is 45.2 Å². The van der Waals surface area contributed by atoms with E-state index in [1.54, 1.807) is 19.0 Å². The van der Waals surface area contributed by atoms with Gasteiger partial charge < -0.3 is 25.2 Å². The molecule has 1 atom stereocenters. The predicted octanol–water partition coefficient (Wildman–Crippen LogP) is 2.12. The minimum atomic E-state index is -0.0157. The first kappa shape index (κ1) is 25.4. The summed E-state index contributed by atoms with van der Waals surface area (Å²) < 4.78 is 5.77. The first-order valence-electron chi connectivity index (χ1n) is 10.8. The van der Waals surface area contributed by atoms with Gasteiger partial charge in [-0.1, -0.05) is 12.1 Å². The Bertz CT molecular complexity index is 748. The maximum absolute atomic E-state index is 11.9. The molecule has 3 rings (SSSR count). The number of rotatable bonds is 7. The zero-order valence-corrected chi connectivity index (χ0v) is 20.8. The molecular formula is C22H34IN5O3. The van der Waals surface area contributed by atoms with Crippen LogP contribution in [0.25, 0.3) is 0 Å². The van der Waals surface area contributed by atoms with Crippen LogP contribution in [0.15, 0.2) is 29.3 Å². The zero-order chi connectivity index (χ0) is 21.3. The first-order chi connectivity index (χ1) is 14.5. The number of carbonyl (C=O) groups excluding carboxylic acids is 2. The Morgan fingerprint density at radius 3 is 2.58 bits per heavy atom. The smallest absolute Gasteiger partial charge is 0.241 e. The monoisotopic (exact) mass is 543 g/mol. The number of guanidine groups is 1. The van der Waals surface area contributed by atoms with Crippen molar-refractivity contribution in [1.82, 2.24) is 15.5 Å². The van der Waals surface area contributed by atoms with Gasteiger partial charge >= 0.3 is 0 Å². The quantitative estimate of drug-likeness (QED) is 0.313. The summed E-state index contributed by atoms with van der Waals surface area (Å²) in [5.41, 5.74) is 1.98. The van der Waals surface area contributed by atoms with Crippen molar-refractivity contribution in [3.63, 3.8) is 0 Å². The maximum atomic E-state index is 11.9. The maximum Gasteiger partial charge on any atom is 0.241 e. The minimum Gasteiger partial charge on any atom is -0.376 e. The standard InChI is InChI=1S/C22H33N5O3.HI/c1-26(2)21(29)16-25-22(24-15-19-6-3-4-13-30-19)23-14-17-8-10-18(11-9-17)27-12-5-7-20(27)28;/h8-11,19H,3-7,12-16H2,1-2H3,(H2,23,24,25);1H. The molecule has 0 spiro atoms. The number of halogens is 1. The molecule has 0 bridgehead atoms. The molecule has 2 aliphatic heterocycles. The molecule has 0 aromatic heterocycles. The number of nitrogens with zero attached hydrogens (tertiary/aromatic N) is 3. The van der Waals surface area contributed by atoms with Crippen LogP contribution in [-0.4, -0.2) is 69.1 Å². The normalized spacial score (nSPS) is 19.0. The van der Waals surface area contributed by atoms with Crippen LogP contribution >= 0.6 is 24.0 Å². The zero-order valence-electron chi connectivity index (χ0n) is 18.4. The van der Waals surface area contributed by atoms with Gasteiger partial charge in [-0.2, -0.15) is 0 Å². The lowest BCUT2D eigenvalue weighted by atomic mass is 10.1. The highest BCUT2D eigenvalue weighted by molar-refractivity contribution is 14.0. The van der Waals surface area contributed by atoms with Crippen LogP contribution in [-0.2, 0) is 20.9 Å². The summed E-state index contributed by atoms with van der Waals surface area (Å²) in [6.45, 7) is 2.91. The number of benzene rings is 1. The highest BCUT2D eigenvalue weighted by atomic mass is 127. The van der Waals surface area contributed by atoms with Gasteiger partial charge in [0.05, 0.1) is 19.2 Å². The van der Waals surface area contributed by atoms with Gasteiger partial charge in [-0.05, 0) is 43.4 Å². The van der Waals surface area contributed by atoms with Gasteiger partial charge in [0.15, 0.2) is 5.96 Å². The number of hydrogen-bond donors (Lipinski definition) is 2. The molecule has 0 radical (unpaired) electrons. The van der Waals surface area contributed by atoms with Crippen molar-refractivity contribution in [3.05, 3.63) is 29.8 Å². The summed E-state index contributed by atoms with van der Waals surface area (Å²) in [6, 6.07) is 7.94. The fourth-order valence-corrected chi connectivity index (χ4v) is 3.54. The SMILES string of the molecule is CN(C)C(=O)CNC(=NCc1ccc(N2CCCC2=O)cc1)NCC1CCCCO1.I. The molecule has 2 aliphatic rings. The van der Waals surface area contributed by atoms with Gasteiger partial charge in [-0.15, -0.1) is 24.0 Å². The molecule has 2 amide bonds. The molecular weight excluding hydrogens is 509 g/mol. The average Bonchev–Trinajstić information content (AvgIpc) is 3.19.